The maximum atomic E-state index is 12.9. The van der Waals surface area contributed by atoms with Gasteiger partial charge in [0.05, 0.1) is 21.3 Å². The molecule has 28 heavy (non-hydrogen) atoms. The monoisotopic (exact) mass is 383 g/mol. The normalized spacial score (nSPS) is 14.6. The fraction of sp³-hybridized carbons (Fsp3) is 0.435. The Morgan fingerprint density at radius 2 is 1.46 bits per heavy atom. The van der Waals surface area contributed by atoms with Crippen LogP contribution < -0.4 is 14.2 Å². The number of carbonyl (C=O) groups excluding carboxylic acids is 1. The first kappa shape index (κ1) is 20.1. The fourth-order valence-electron chi connectivity index (χ4n) is 3.70. The molecule has 1 heterocycles. The van der Waals surface area contributed by atoms with Crippen LogP contribution >= 0.6 is 0 Å². The van der Waals surface area contributed by atoms with Crippen LogP contribution in [0.25, 0.3) is 0 Å². The number of amides is 1. The van der Waals surface area contributed by atoms with Crippen LogP contribution in [0.1, 0.15) is 35.2 Å². The molecule has 1 fully saturated rings. The van der Waals surface area contributed by atoms with Gasteiger partial charge < -0.3 is 19.1 Å². The average molecular weight is 383 g/mol. The molecule has 0 aliphatic carbocycles. The Balaban J connectivity index is 1.52. The molecule has 1 saturated heterocycles. The molecule has 0 bridgehead atoms. The molecular formula is C23H29NO4. The lowest BCUT2D eigenvalue weighted by atomic mass is 9.90. The van der Waals surface area contributed by atoms with Crippen LogP contribution in [0.15, 0.2) is 42.5 Å². The Morgan fingerprint density at radius 1 is 0.893 bits per heavy atom. The van der Waals surface area contributed by atoms with Crippen molar-refractivity contribution in [2.75, 3.05) is 34.4 Å². The Kier molecular flexibility index (Phi) is 6.80. The van der Waals surface area contributed by atoms with E-state index >= 15 is 0 Å². The number of ether oxygens (including phenoxy) is 3. The fourth-order valence-corrected chi connectivity index (χ4v) is 3.70. The van der Waals surface area contributed by atoms with Gasteiger partial charge in [0.2, 0.25) is 0 Å². The van der Waals surface area contributed by atoms with Crippen LogP contribution in [0.2, 0.25) is 0 Å². The third-order valence-corrected chi connectivity index (χ3v) is 5.50. The minimum atomic E-state index is 0.0470. The second kappa shape index (κ2) is 9.49. The molecule has 0 aromatic heterocycles. The number of methoxy groups -OCH3 is 3. The number of rotatable bonds is 7. The van der Waals surface area contributed by atoms with E-state index in [2.05, 4.69) is 12.1 Å². The molecule has 2 aromatic rings. The van der Waals surface area contributed by atoms with Crippen molar-refractivity contribution < 1.29 is 19.0 Å². The zero-order valence-corrected chi connectivity index (χ0v) is 16.9. The maximum Gasteiger partial charge on any atom is 0.254 e. The number of hydrogen-bond donors (Lipinski definition) is 0. The van der Waals surface area contributed by atoms with E-state index in [1.807, 2.05) is 17.0 Å². The predicted octanol–water partition coefficient (Wildman–Crippen LogP) is 4.20. The maximum absolute atomic E-state index is 12.9. The molecule has 0 saturated carbocycles. The summed E-state index contributed by atoms with van der Waals surface area (Å²) < 4.78 is 15.8. The van der Waals surface area contributed by atoms with Crippen molar-refractivity contribution in [2.24, 2.45) is 5.92 Å². The van der Waals surface area contributed by atoms with E-state index < -0.39 is 0 Å². The highest BCUT2D eigenvalue weighted by atomic mass is 16.5. The smallest absolute Gasteiger partial charge is 0.254 e. The highest BCUT2D eigenvalue weighted by Crippen LogP contribution is 2.27. The van der Waals surface area contributed by atoms with Gasteiger partial charge in [0.25, 0.3) is 5.91 Å². The van der Waals surface area contributed by atoms with Crippen molar-refractivity contribution in [3.8, 4) is 17.2 Å². The highest BCUT2D eigenvalue weighted by Gasteiger charge is 2.24. The zero-order chi connectivity index (χ0) is 19.9. The number of aryl methyl sites for hydroxylation is 1. The van der Waals surface area contributed by atoms with E-state index in [-0.39, 0.29) is 5.91 Å². The standard InChI is InChI=1S/C23H29NO4/c1-26-20-8-6-17(7-9-20)4-5-18-10-12-24(13-11-18)23(25)19-14-21(27-2)16-22(15-19)28-3/h6-9,14-16,18H,4-5,10-13H2,1-3H3. The third kappa shape index (κ3) is 4.97. The summed E-state index contributed by atoms with van der Waals surface area (Å²) in [7, 11) is 4.88. The van der Waals surface area contributed by atoms with Crippen molar-refractivity contribution in [3.63, 3.8) is 0 Å². The lowest BCUT2D eigenvalue weighted by Crippen LogP contribution is -2.38. The van der Waals surface area contributed by atoms with Gasteiger partial charge in [0, 0.05) is 24.7 Å². The summed E-state index contributed by atoms with van der Waals surface area (Å²) in [6, 6.07) is 13.6. The molecule has 0 atom stereocenters. The van der Waals surface area contributed by atoms with Crippen molar-refractivity contribution >= 4 is 5.91 Å². The summed E-state index contributed by atoms with van der Waals surface area (Å²) in [4.78, 5) is 14.8. The van der Waals surface area contributed by atoms with Gasteiger partial charge in [0.1, 0.15) is 17.2 Å². The van der Waals surface area contributed by atoms with Crippen LogP contribution in [-0.4, -0.2) is 45.2 Å². The summed E-state index contributed by atoms with van der Waals surface area (Å²) in [6.45, 7) is 1.59. The molecule has 0 spiro atoms. The zero-order valence-electron chi connectivity index (χ0n) is 16.9. The Labute approximate surface area is 167 Å². The SMILES string of the molecule is COc1ccc(CCC2CCN(C(=O)c3cc(OC)cc(OC)c3)CC2)cc1. The molecule has 1 aliphatic rings. The van der Waals surface area contributed by atoms with Gasteiger partial charge in [-0.05, 0) is 61.4 Å². The summed E-state index contributed by atoms with van der Waals surface area (Å²) in [6.07, 6.45) is 4.31. The number of hydrogen-bond acceptors (Lipinski definition) is 4. The number of nitrogens with zero attached hydrogens (tertiary/aromatic N) is 1. The van der Waals surface area contributed by atoms with Gasteiger partial charge in [-0.2, -0.15) is 0 Å². The van der Waals surface area contributed by atoms with Crippen LogP contribution in [0, 0.1) is 5.92 Å². The second-order valence-corrected chi connectivity index (χ2v) is 7.22. The first-order chi connectivity index (χ1) is 13.6. The van der Waals surface area contributed by atoms with Crippen LogP contribution in [-0.2, 0) is 6.42 Å². The quantitative estimate of drug-likeness (QED) is 0.719. The molecule has 1 amide bonds. The van der Waals surface area contributed by atoms with Crippen LogP contribution in [0.5, 0.6) is 17.2 Å². The van der Waals surface area contributed by atoms with Crippen molar-refractivity contribution in [2.45, 2.75) is 25.7 Å². The molecule has 3 rings (SSSR count). The van der Waals surface area contributed by atoms with Gasteiger partial charge >= 0.3 is 0 Å². The molecule has 0 unspecified atom stereocenters. The molecule has 150 valence electrons. The average Bonchev–Trinajstić information content (AvgIpc) is 2.77. The van der Waals surface area contributed by atoms with Crippen molar-refractivity contribution in [1.29, 1.82) is 0 Å². The minimum absolute atomic E-state index is 0.0470. The van der Waals surface area contributed by atoms with Crippen LogP contribution in [0.3, 0.4) is 0 Å². The molecule has 2 aromatic carbocycles. The van der Waals surface area contributed by atoms with Crippen molar-refractivity contribution in [3.05, 3.63) is 53.6 Å². The highest BCUT2D eigenvalue weighted by molar-refractivity contribution is 5.95. The lowest BCUT2D eigenvalue weighted by Gasteiger charge is -2.32. The Hall–Kier alpha value is -2.69. The number of piperidine rings is 1. The number of likely N-dealkylation sites (tertiary alicyclic amines) is 1. The van der Waals surface area contributed by atoms with E-state index in [4.69, 9.17) is 14.2 Å². The summed E-state index contributed by atoms with van der Waals surface area (Å²) in [5.74, 6) is 2.87. The van der Waals surface area contributed by atoms with Gasteiger partial charge in [-0.15, -0.1) is 0 Å². The van der Waals surface area contributed by atoms with Gasteiger partial charge in [-0.25, -0.2) is 0 Å². The van der Waals surface area contributed by atoms with E-state index in [1.54, 1.807) is 39.5 Å². The third-order valence-electron chi connectivity index (χ3n) is 5.50. The molecule has 5 heteroatoms. The largest absolute Gasteiger partial charge is 0.497 e. The Morgan fingerprint density at radius 3 is 2.00 bits per heavy atom. The molecular weight excluding hydrogens is 354 g/mol. The number of benzene rings is 2. The van der Waals surface area contributed by atoms with Gasteiger partial charge in [-0.3, -0.25) is 4.79 Å². The van der Waals surface area contributed by atoms with E-state index in [0.717, 1.165) is 44.5 Å². The first-order valence-corrected chi connectivity index (χ1v) is 9.78. The number of carbonyl (C=O) groups is 1. The van der Waals surface area contributed by atoms with Crippen molar-refractivity contribution in [1.82, 2.24) is 4.90 Å². The summed E-state index contributed by atoms with van der Waals surface area (Å²) >= 11 is 0. The van der Waals surface area contributed by atoms with E-state index in [1.165, 1.54) is 5.56 Å². The van der Waals surface area contributed by atoms with Gasteiger partial charge in [-0.1, -0.05) is 12.1 Å². The van der Waals surface area contributed by atoms with E-state index in [0.29, 0.717) is 23.0 Å². The van der Waals surface area contributed by atoms with Crippen LogP contribution in [0.4, 0.5) is 0 Å². The summed E-state index contributed by atoms with van der Waals surface area (Å²) in [5.41, 5.74) is 1.95. The topological polar surface area (TPSA) is 48.0 Å². The van der Waals surface area contributed by atoms with Gasteiger partial charge in [0.15, 0.2) is 0 Å². The van der Waals surface area contributed by atoms with E-state index in [9.17, 15) is 4.79 Å². The first-order valence-electron chi connectivity index (χ1n) is 9.78. The lowest BCUT2D eigenvalue weighted by molar-refractivity contribution is 0.0686. The minimum Gasteiger partial charge on any atom is -0.497 e. The molecule has 5 nitrogen and oxygen atoms in total. The molecule has 1 aliphatic heterocycles. The Bertz CT molecular complexity index is 757. The molecule has 0 N–H and O–H groups in total. The molecule has 0 radical (unpaired) electrons. The second-order valence-electron chi connectivity index (χ2n) is 7.22. The summed E-state index contributed by atoms with van der Waals surface area (Å²) in [5, 5.41) is 0. The predicted molar refractivity (Wildman–Crippen MR) is 109 cm³/mol.